The van der Waals surface area contributed by atoms with E-state index in [1.165, 1.54) is 0 Å². The van der Waals surface area contributed by atoms with E-state index in [2.05, 4.69) is 31.5 Å². The lowest BCUT2D eigenvalue weighted by Crippen LogP contribution is -1.95. The summed E-state index contributed by atoms with van der Waals surface area (Å²) >= 11 is 4.98. The van der Waals surface area contributed by atoms with Gasteiger partial charge in [-0.3, -0.25) is 0 Å². The fourth-order valence-corrected chi connectivity index (χ4v) is 2.21. The molecule has 0 amide bonds. The van der Waals surface area contributed by atoms with Crippen molar-refractivity contribution in [1.82, 2.24) is 20.2 Å². The Hall–Kier alpha value is -0.750. The molecule has 0 saturated carbocycles. The van der Waals surface area contributed by atoms with Gasteiger partial charge in [0.05, 0.1) is 3.79 Å². The van der Waals surface area contributed by atoms with Crippen LogP contribution in [0.5, 0.6) is 0 Å². The molecule has 0 atom stereocenters. The van der Waals surface area contributed by atoms with Crippen LogP contribution in [0.15, 0.2) is 15.9 Å². The van der Waals surface area contributed by atoms with Crippen LogP contribution in [-0.2, 0) is 0 Å². The van der Waals surface area contributed by atoms with Crippen molar-refractivity contribution < 1.29 is 0 Å². The molecule has 0 spiro atoms. The van der Waals surface area contributed by atoms with Crippen LogP contribution >= 0.6 is 27.3 Å². The fourth-order valence-electron chi connectivity index (χ4n) is 0.854. The Morgan fingerprint density at radius 1 is 1.50 bits per heavy atom. The minimum atomic E-state index is 0.796. The lowest BCUT2D eigenvalue weighted by molar-refractivity contribution is 0.789. The summed E-state index contributed by atoms with van der Waals surface area (Å²) in [7, 11) is 0. The third-order valence-corrected chi connectivity index (χ3v) is 2.99. The van der Waals surface area contributed by atoms with Gasteiger partial charge in [-0.1, -0.05) is 0 Å². The molecule has 0 aliphatic carbocycles. The summed E-state index contributed by atoms with van der Waals surface area (Å²) in [6.45, 7) is 1.87. The highest BCUT2D eigenvalue weighted by Gasteiger charge is 2.04. The molecule has 0 bridgehead atoms. The van der Waals surface area contributed by atoms with Gasteiger partial charge in [0, 0.05) is 0 Å². The Bertz CT molecular complexity index is 394. The van der Waals surface area contributed by atoms with Crippen molar-refractivity contribution in [2.24, 2.45) is 0 Å². The van der Waals surface area contributed by atoms with E-state index in [0.717, 1.165) is 14.6 Å². The van der Waals surface area contributed by atoms with Crippen LogP contribution in [0.25, 0.3) is 5.00 Å². The van der Waals surface area contributed by atoms with Gasteiger partial charge in [-0.15, -0.1) is 16.4 Å². The van der Waals surface area contributed by atoms with Gasteiger partial charge in [-0.25, -0.2) is 0 Å². The van der Waals surface area contributed by atoms with Crippen LogP contribution < -0.4 is 0 Å². The first kappa shape index (κ1) is 7.88. The third kappa shape index (κ3) is 1.27. The van der Waals surface area contributed by atoms with Gasteiger partial charge in [-0.2, -0.15) is 4.68 Å². The normalized spacial score (nSPS) is 10.5. The van der Waals surface area contributed by atoms with E-state index in [1.54, 1.807) is 16.0 Å². The van der Waals surface area contributed by atoms with Crippen LogP contribution in [0.4, 0.5) is 0 Å². The van der Waals surface area contributed by atoms with E-state index in [4.69, 9.17) is 0 Å². The molecule has 0 aromatic carbocycles. The molecular weight excluding hydrogens is 240 g/mol. The lowest BCUT2D eigenvalue weighted by Gasteiger charge is -1.93. The maximum atomic E-state index is 3.84. The zero-order chi connectivity index (χ0) is 8.55. The molecule has 2 aromatic heterocycles. The molecule has 4 nitrogen and oxygen atoms in total. The van der Waals surface area contributed by atoms with Crippen molar-refractivity contribution in [3.63, 3.8) is 0 Å². The molecule has 0 aliphatic rings. The predicted molar refractivity (Wildman–Crippen MR) is 49.5 cm³/mol. The molecule has 0 aliphatic heterocycles. The number of hydrogen-bond donors (Lipinski definition) is 0. The largest absolute Gasteiger partial charge is 0.188 e. The Kier molecular flexibility index (Phi) is 1.93. The van der Waals surface area contributed by atoms with Crippen LogP contribution in [0.3, 0.4) is 0 Å². The standard InChI is InChI=1S/C6H5BrN4S/c1-4-8-9-10-11(4)6-3-2-5(7)12-6/h2-3H,1H3. The highest BCUT2D eigenvalue weighted by molar-refractivity contribution is 9.11. The summed E-state index contributed by atoms with van der Waals surface area (Å²) in [6, 6.07) is 3.94. The molecule has 0 saturated heterocycles. The van der Waals surface area contributed by atoms with Crippen molar-refractivity contribution >= 4 is 27.3 Å². The third-order valence-electron chi connectivity index (χ3n) is 1.39. The number of tetrazole rings is 1. The van der Waals surface area contributed by atoms with E-state index in [9.17, 15) is 0 Å². The number of nitrogens with zero attached hydrogens (tertiary/aromatic N) is 4. The average molecular weight is 245 g/mol. The van der Waals surface area contributed by atoms with Gasteiger partial charge in [0.1, 0.15) is 5.00 Å². The first-order valence-electron chi connectivity index (χ1n) is 3.28. The summed E-state index contributed by atoms with van der Waals surface area (Å²) in [4.78, 5) is 0. The average Bonchev–Trinajstić information content (AvgIpc) is 2.58. The summed E-state index contributed by atoms with van der Waals surface area (Å²) < 4.78 is 2.78. The van der Waals surface area contributed by atoms with Crippen molar-refractivity contribution in [3.8, 4) is 5.00 Å². The molecular formula is C6H5BrN4S. The van der Waals surface area contributed by atoms with Gasteiger partial charge in [0.15, 0.2) is 5.82 Å². The van der Waals surface area contributed by atoms with E-state index >= 15 is 0 Å². The monoisotopic (exact) mass is 244 g/mol. The number of aromatic nitrogens is 4. The van der Waals surface area contributed by atoms with Gasteiger partial charge in [0.25, 0.3) is 0 Å². The summed E-state index contributed by atoms with van der Waals surface area (Å²) in [6.07, 6.45) is 0. The van der Waals surface area contributed by atoms with Gasteiger partial charge < -0.3 is 0 Å². The second-order valence-electron chi connectivity index (χ2n) is 2.22. The van der Waals surface area contributed by atoms with Crippen molar-refractivity contribution in [3.05, 3.63) is 21.7 Å². The number of hydrogen-bond acceptors (Lipinski definition) is 4. The summed E-state index contributed by atoms with van der Waals surface area (Å²) in [5, 5.41) is 12.2. The van der Waals surface area contributed by atoms with Crippen molar-refractivity contribution in [2.45, 2.75) is 6.92 Å². The summed E-state index contributed by atoms with van der Waals surface area (Å²) in [5.41, 5.74) is 0. The number of thiophene rings is 1. The lowest BCUT2D eigenvalue weighted by atomic mass is 10.6. The molecule has 0 fully saturated rings. The Morgan fingerprint density at radius 3 is 2.83 bits per heavy atom. The number of aryl methyl sites for hydroxylation is 1. The molecule has 0 radical (unpaired) electrons. The summed E-state index contributed by atoms with van der Waals surface area (Å²) in [5.74, 6) is 0.796. The van der Waals surface area contributed by atoms with Crippen LogP contribution in [0.2, 0.25) is 0 Å². The topological polar surface area (TPSA) is 43.6 Å². The molecule has 6 heteroatoms. The predicted octanol–water partition coefficient (Wildman–Crippen LogP) is 1.79. The van der Waals surface area contributed by atoms with Crippen LogP contribution in [0, 0.1) is 6.92 Å². The van der Waals surface area contributed by atoms with E-state index in [1.807, 2.05) is 19.1 Å². The maximum Gasteiger partial charge on any atom is 0.154 e. The Morgan fingerprint density at radius 2 is 2.33 bits per heavy atom. The van der Waals surface area contributed by atoms with E-state index < -0.39 is 0 Å². The van der Waals surface area contributed by atoms with Gasteiger partial charge >= 0.3 is 0 Å². The zero-order valence-electron chi connectivity index (χ0n) is 6.23. The molecule has 2 aromatic rings. The molecule has 2 rings (SSSR count). The minimum Gasteiger partial charge on any atom is -0.188 e. The molecule has 12 heavy (non-hydrogen) atoms. The van der Waals surface area contributed by atoms with Crippen molar-refractivity contribution in [2.75, 3.05) is 0 Å². The Labute approximate surface area is 81.3 Å². The van der Waals surface area contributed by atoms with E-state index in [0.29, 0.717) is 0 Å². The SMILES string of the molecule is Cc1nnnn1-c1ccc(Br)s1. The van der Waals surface area contributed by atoms with E-state index in [-0.39, 0.29) is 0 Å². The second kappa shape index (κ2) is 2.95. The zero-order valence-corrected chi connectivity index (χ0v) is 8.63. The van der Waals surface area contributed by atoms with Crippen LogP contribution in [-0.4, -0.2) is 20.2 Å². The Balaban J connectivity index is 2.50. The molecule has 0 unspecified atom stereocenters. The highest BCUT2D eigenvalue weighted by atomic mass is 79.9. The van der Waals surface area contributed by atoms with Crippen LogP contribution in [0.1, 0.15) is 5.82 Å². The second-order valence-corrected chi connectivity index (χ2v) is 4.66. The smallest absolute Gasteiger partial charge is 0.154 e. The first-order valence-corrected chi connectivity index (χ1v) is 4.89. The highest BCUT2D eigenvalue weighted by Crippen LogP contribution is 2.24. The molecule has 62 valence electrons. The van der Waals surface area contributed by atoms with Gasteiger partial charge in [-0.05, 0) is 45.4 Å². The number of halogens is 1. The van der Waals surface area contributed by atoms with Gasteiger partial charge in [0.2, 0.25) is 0 Å². The number of rotatable bonds is 1. The quantitative estimate of drug-likeness (QED) is 0.769. The molecule has 2 heterocycles. The van der Waals surface area contributed by atoms with Crippen molar-refractivity contribution in [1.29, 1.82) is 0 Å². The first-order chi connectivity index (χ1) is 5.77. The maximum absolute atomic E-state index is 3.84. The fraction of sp³-hybridized carbons (Fsp3) is 0.167. The minimum absolute atomic E-state index is 0.796. The molecule has 0 N–H and O–H groups in total.